The van der Waals surface area contributed by atoms with E-state index in [1.54, 1.807) is 12.1 Å². The van der Waals surface area contributed by atoms with Crippen molar-refractivity contribution >= 4 is 17.2 Å². The molecule has 4 rings (SSSR count). The van der Waals surface area contributed by atoms with E-state index in [0.717, 1.165) is 28.4 Å². The Balaban J connectivity index is 1.70. The molecule has 0 unspecified atom stereocenters. The molecule has 1 heterocycles. The van der Waals surface area contributed by atoms with Gasteiger partial charge in [-0.2, -0.15) is 0 Å². The zero-order chi connectivity index (χ0) is 18.8. The lowest BCUT2D eigenvalue weighted by atomic mass is 10.1. The average molecular weight is 359 g/mol. The van der Waals surface area contributed by atoms with E-state index in [1.165, 1.54) is 6.07 Å². The Kier molecular flexibility index (Phi) is 4.47. The number of rotatable bonds is 5. The van der Waals surface area contributed by atoms with Crippen LogP contribution < -0.4 is 4.74 Å². The van der Waals surface area contributed by atoms with E-state index in [2.05, 4.69) is 0 Å². The lowest BCUT2D eigenvalue weighted by molar-refractivity contribution is 0.112. The Bertz CT molecular complexity index is 1120. The van der Waals surface area contributed by atoms with Gasteiger partial charge in [-0.05, 0) is 30.7 Å². The standard InChI is InChI=1S/C23H18FNO2/c1-16-20(14-26)19-9-5-6-10-22(19)25(16)18-11-12-23(21(24)13-18)27-15-17-7-3-2-4-8-17/h2-14H,15H2,1H3. The van der Waals surface area contributed by atoms with Gasteiger partial charge in [0.1, 0.15) is 6.61 Å². The van der Waals surface area contributed by atoms with Gasteiger partial charge in [-0.3, -0.25) is 4.79 Å². The van der Waals surface area contributed by atoms with Crippen molar-refractivity contribution in [3.05, 3.63) is 95.4 Å². The minimum atomic E-state index is -0.437. The number of aromatic nitrogens is 1. The van der Waals surface area contributed by atoms with Crippen LogP contribution in [0, 0.1) is 12.7 Å². The molecule has 1 aromatic heterocycles. The SMILES string of the molecule is Cc1c(C=O)c2ccccc2n1-c1ccc(OCc2ccccc2)c(F)c1. The summed E-state index contributed by atoms with van der Waals surface area (Å²) in [5.41, 5.74) is 3.90. The number of para-hydroxylation sites is 1. The first-order chi connectivity index (χ1) is 13.2. The Morgan fingerprint density at radius 3 is 2.48 bits per heavy atom. The predicted octanol–water partition coefficient (Wildman–Crippen LogP) is 5.47. The number of ether oxygens (including phenoxy) is 1. The monoisotopic (exact) mass is 359 g/mol. The predicted molar refractivity (Wildman–Crippen MR) is 104 cm³/mol. The zero-order valence-corrected chi connectivity index (χ0v) is 14.9. The lowest BCUT2D eigenvalue weighted by Gasteiger charge is -2.12. The summed E-state index contributed by atoms with van der Waals surface area (Å²) in [6.07, 6.45) is 0.849. The second-order valence-corrected chi connectivity index (χ2v) is 6.36. The van der Waals surface area contributed by atoms with E-state index < -0.39 is 5.82 Å². The normalized spacial score (nSPS) is 10.9. The summed E-state index contributed by atoms with van der Waals surface area (Å²) in [6, 6.07) is 22.1. The van der Waals surface area contributed by atoms with Gasteiger partial charge < -0.3 is 9.30 Å². The number of carbonyl (C=O) groups excluding carboxylic acids is 1. The molecule has 0 aliphatic rings. The molecule has 0 bridgehead atoms. The summed E-state index contributed by atoms with van der Waals surface area (Å²) in [5.74, 6) is -0.236. The van der Waals surface area contributed by atoms with Crippen molar-refractivity contribution in [2.45, 2.75) is 13.5 Å². The van der Waals surface area contributed by atoms with Gasteiger partial charge in [0, 0.05) is 28.4 Å². The number of aldehydes is 1. The molecule has 3 aromatic carbocycles. The third-order valence-electron chi connectivity index (χ3n) is 4.69. The van der Waals surface area contributed by atoms with Crippen LogP contribution in [0.1, 0.15) is 21.6 Å². The summed E-state index contributed by atoms with van der Waals surface area (Å²) >= 11 is 0. The number of benzene rings is 3. The van der Waals surface area contributed by atoms with E-state index in [0.29, 0.717) is 17.9 Å². The Labute approximate surface area is 156 Å². The van der Waals surface area contributed by atoms with Crippen LogP contribution in [0.4, 0.5) is 4.39 Å². The maximum atomic E-state index is 14.7. The Morgan fingerprint density at radius 2 is 1.74 bits per heavy atom. The molecule has 0 fully saturated rings. The number of carbonyl (C=O) groups is 1. The molecule has 0 spiro atoms. The van der Waals surface area contributed by atoms with Gasteiger partial charge in [-0.1, -0.05) is 48.5 Å². The van der Waals surface area contributed by atoms with Crippen molar-refractivity contribution in [2.75, 3.05) is 0 Å². The molecular formula is C23H18FNO2. The summed E-state index contributed by atoms with van der Waals surface area (Å²) in [4.78, 5) is 11.5. The van der Waals surface area contributed by atoms with Crippen LogP contribution >= 0.6 is 0 Å². The quantitative estimate of drug-likeness (QED) is 0.443. The average Bonchev–Trinajstić information content (AvgIpc) is 2.99. The minimum absolute atomic E-state index is 0.201. The maximum absolute atomic E-state index is 14.7. The van der Waals surface area contributed by atoms with E-state index >= 15 is 0 Å². The number of halogens is 1. The van der Waals surface area contributed by atoms with Crippen molar-refractivity contribution in [1.29, 1.82) is 0 Å². The Morgan fingerprint density at radius 1 is 1.00 bits per heavy atom. The second-order valence-electron chi connectivity index (χ2n) is 6.36. The number of nitrogens with zero attached hydrogens (tertiary/aromatic N) is 1. The highest BCUT2D eigenvalue weighted by Gasteiger charge is 2.15. The first-order valence-corrected chi connectivity index (χ1v) is 8.71. The van der Waals surface area contributed by atoms with Gasteiger partial charge in [-0.25, -0.2) is 4.39 Å². The first kappa shape index (κ1) is 17.0. The summed E-state index contributed by atoms with van der Waals surface area (Å²) < 4.78 is 22.2. The molecule has 3 nitrogen and oxygen atoms in total. The van der Waals surface area contributed by atoms with Crippen LogP contribution in [-0.2, 0) is 6.61 Å². The molecule has 0 atom stereocenters. The number of fused-ring (bicyclic) bond motifs is 1. The van der Waals surface area contributed by atoms with E-state index in [1.807, 2.05) is 66.1 Å². The molecule has 134 valence electrons. The Hall–Kier alpha value is -3.40. The molecule has 0 radical (unpaired) electrons. The maximum Gasteiger partial charge on any atom is 0.167 e. The number of hydrogen-bond donors (Lipinski definition) is 0. The van der Waals surface area contributed by atoms with E-state index in [9.17, 15) is 9.18 Å². The topological polar surface area (TPSA) is 31.2 Å². The van der Waals surface area contributed by atoms with Crippen LogP contribution in [0.15, 0.2) is 72.8 Å². The van der Waals surface area contributed by atoms with Crippen LogP contribution in [0.25, 0.3) is 16.6 Å². The van der Waals surface area contributed by atoms with Crippen molar-refractivity contribution < 1.29 is 13.9 Å². The molecule has 0 N–H and O–H groups in total. The molecule has 0 aliphatic heterocycles. The summed E-state index contributed by atoms with van der Waals surface area (Å²) in [5, 5.41) is 0.856. The molecule has 4 heteroatoms. The van der Waals surface area contributed by atoms with Crippen molar-refractivity contribution in [3.8, 4) is 11.4 Å². The third kappa shape index (κ3) is 3.10. The highest BCUT2D eigenvalue weighted by Crippen LogP contribution is 2.30. The molecular weight excluding hydrogens is 341 g/mol. The lowest BCUT2D eigenvalue weighted by Crippen LogP contribution is -2.01. The minimum Gasteiger partial charge on any atom is -0.486 e. The van der Waals surface area contributed by atoms with Gasteiger partial charge in [0.25, 0.3) is 0 Å². The molecule has 4 aromatic rings. The first-order valence-electron chi connectivity index (χ1n) is 8.71. The van der Waals surface area contributed by atoms with Gasteiger partial charge in [0.2, 0.25) is 0 Å². The highest BCUT2D eigenvalue weighted by molar-refractivity contribution is 6.00. The van der Waals surface area contributed by atoms with E-state index in [-0.39, 0.29) is 5.75 Å². The third-order valence-corrected chi connectivity index (χ3v) is 4.69. The molecule has 0 saturated carbocycles. The van der Waals surface area contributed by atoms with Crippen molar-refractivity contribution in [2.24, 2.45) is 0 Å². The zero-order valence-electron chi connectivity index (χ0n) is 14.9. The molecule has 0 amide bonds. The second kappa shape index (κ2) is 7.08. The fourth-order valence-corrected chi connectivity index (χ4v) is 3.36. The summed E-state index contributed by atoms with van der Waals surface area (Å²) in [6.45, 7) is 2.17. The largest absolute Gasteiger partial charge is 0.486 e. The molecule has 0 aliphatic carbocycles. The van der Waals surface area contributed by atoms with Gasteiger partial charge in [-0.15, -0.1) is 0 Å². The van der Waals surface area contributed by atoms with Gasteiger partial charge in [0.15, 0.2) is 17.9 Å². The highest BCUT2D eigenvalue weighted by atomic mass is 19.1. The summed E-state index contributed by atoms with van der Waals surface area (Å²) in [7, 11) is 0. The van der Waals surface area contributed by atoms with Gasteiger partial charge in [0.05, 0.1) is 5.52 Å². The van der Waals surface area contributed by atoms with Crippen molar-refractivity contribution in [1.82, 2.24) is 4.57 Å². The smallest absolute Gasteiger partial charge is 0.167 e. The number of hydrogen-bond acceptors (Lipinski definition) is 2. The molecule has 27 heavy (non-hydrogen) atoms. The van der Waals surface area contributed by atoms with Gasteiger partial charge >= 0.3 is 0 Å². The fraction of sp³-hybridized carbons (Fsp3) is 0.0870. The fourth-order valence-electron chi connectivity index (χ4n) is 3.36. The van der Waals surface area contributed by atoms with Crippen LogP contribution in [0.2, 0.25) is 0 Å². The van der Waals surface area contributed by atoms with Crippen LogP contribution in [0.5, 0.6) is 5.75 Å². The van der Waals surface area contributed by atoms with Crippen molar-refractivity contribution in [3.63, 3.8) is 0 Å². The van der Waals surface area contributed by atoms with Crippen LogP contribution in [-0.4, -0.2) is 10.9 Å². The molecule has 0 saturated heterocycles. The van der Waals surface area contributed by atoms with Crippen LogP contribution in [0.3, 0.4) is 0 Å². The van der Waals surface area contributed by atoms with E-state index in [4.69, 9.17) is 4.74 Å².